The number of rotatable bonds is 3. The number of piperazine rings is 1. The molecule has 0 aliphatic carbocycles. The molecule has 7 heteroatoms. The van der Waals surface area contributed by atoms with Crippen LogP contribution in [0.2, 0.25) is 5.02 Å². The van der Waals surface area contributed by atoms with Crippen LogP contribution in [-0.2, 0) is 4.79 Å². The van der Waals surface area contributed by atoms with E-state index in [-0.39, 0.29) is 18.0 Å². The number of hydrogen-bond donors (Lipinski definition) is 2. The van der Waals surface area contributed by atoms with E-state index in [9.17, 15) is 4.79 Å². The van der Waals surface area contributed by atoms with E-state index in [4.69, 9.17) is 11.6 Å². The molecule has 0 radical (unpaired) electrons. The highest BCUT2D eigenvalue weighted by atomic mass is 35.5. The van der Waals surface area contributed by atoms with Gasteiger partial charge in [-0.2, -0.15) is 0 Å². The number of hydrogen-bond acceptors (Lipinski definition) is 5. The van der Waals surface area contributed by atoms with Crippen LogP contribution in [0, 0.1) is 0 Å². The molecule has 26 heavy (non-hydrogen) atoms. The minimum atomic E-state index is -0.189. The Kier molecular flexibility index (Phi) is 5.06. The predicted octanol–water partition coefficient (Wildman–Crippen LogP) is 1.99. The first-order valence-corrected chi connectivity index (χ1v) is 9.29. The number of anilines is 1. The quantitative estimate of drug-likeness (QED) is 0.864. The number of aromatic nitrogens is 1. The van der Waals surface area contributed by atoms with E-state index in [2.05, 4.69) is 26.8 Å². The van der Waals surface area contributed by atoms with Gasteiger partial charge in [-0.25, -0.2) is 10.9 Å². The summed E-state index contributed by atoms with van der Waals surface area (Å²) in [5.41, 5.74) is 8.65. The minimum absolute atomic E-state index is 0.139. The van der Waals surface area contributed by atoms with Crippen LogP contribution in [0.15, 0.2) is 48.8 Å². The van der Waals surface area contributed by atoms with Crippen LogP contribution in [0.1, 0.15) is 18.0 Å². The smallest absolute Gasteiger partial charge is 0.241 e. The molecule has 1 amide bonds. The lowest BCUT2D eigenvalue weighted by molar-refractivity contribution is -0.133. The molecule has 136 valence electrons. The summed E-state index contributed by atoms with van der Waals surface area (Å²) < 4.78 is 0. The maximum atomic E-state index is 12.8. The van der Waals surface area contributed by atoms with E-state index >= 15 is 0 Å². The van der Waals surface area contributed by atoms with Crippen molar-refractivity contribution in [3.63, 3.8) is 0 Å². The fraction of sp³-hybridized carbons (Fsp3) is 0.368. The molecule has 2 unspecified atom stereocenters. The zero-order chi connectivity index (χ0) is 17.9. The Hall–Kier alpha value is -2.15. The van der Waals surface area contributed by atoms with Crippen LogP contribution >= 0.6 is 11.6 Å². The van der Waals surface area contributed by atoms with Gasteiger partial charge < -0.3 is 9.80 Å². The summed E-state index contributed by atoms with van der Waals surface area (Å²) in [4.78, 5) is 21.1. The van der Waals surface area contributed by atoms with E-state index in [1.807, 2.05) is 35.2 Å². The van der Waals surface area contributed by atoms with E-state index < -0.39 is 0 Å². The Morgan fingerprint density at radius 1 is 1.08 bits per heavy atom. The third kappa shape index (κ3) is 3.67. The first-order chi connectivity index (χ1) is 12.7. The van der Waals surface area contributed by atoms with Gasteiger partial charge in [0.25, 0.3) is 0 Å². The zero-order valence-corrected chi connectivity index (χ0v) is 15.2. The number of benzene rings is 1. The molecule has 2 N–H and O–H groups in total. The molecular weight excluding hydrogens is 350 g/mol. The number of halogens is 1. The molecule has 2 aliphatic heterocycles. The predicted molar refractivity (Wildman–Crippen MR) is 102 cm³/mol. The molecule has 0 spiro atoms. The van der Waals surface area contributed by atoms with Gasteiger partial charge in [-0.05, 0) is 42.3 Å². The lowest BCUT2D eigenvalue weighted by Crippen LogP contribution is -2.53. The van der Waals surface area contributed by atoms with Crippen LogP contribution in [0.25, 0.3) is 0 Å². The Morgan fingerprint density at radius 3 is 2.58 bits per heavy atom. The van der Waals surface area contributed by atoms with Crippen molar-refractivity contribution in [2.45, 2.75) is 18.5 Å². The molecule has 1 aromatic carbocycles. The van der Waals surface area contributed by atoms with E-state index in [1.54, 1.807) is 12.4 Å². The third-order valence-electron chi connectivity index (χ3n) is 5.07. The van der Waals surface area contributed by atoms with Crippen molar-refractivity contribution in [3.05, 3.63) is 59.4 Å². The molecule has 0 saturated carbocycles. The molecule has 3 heterocycles. The first kappa shape index (κ1) is 17.3. The van der Waals surface area contributed by atoms with Crippen LogP contribution in [0.4, 0.5) is 5.69 Å². The molecule has 1 aromatic heterocycles. The summed E-state index contributed by atoms with van der Waals surface area (Å²) in [5.74, 6) is 0.166. The van der Waals surface area contributed by atoms with E-state index in [0.29, 0.717) is 0 Å². The highest BCUT2D eigenvalue weighted by molar-refractivity contribution is 6.30. The molecule has 2 saturated heterocycles. The van der Waals surface area contributed by atoms with E-state index in [0.717, 1.165) is 48.9 Å². The highest BCUT2D eigenvalue weighted by Crippen LogP contribution is 2.24. The fourth-order valence-corrected chi connectivity index (χ4v) is 3.80. The van der Waals surface area contributed by atoms with Gasteiger partial charge in [0.05, 0.1) is 0 Å². The number of nitrogens with zero attached hydrogens (tertiary/aromatic N) is 3. The lowest BCUT2D eigenvalue weighted by atomic mass is 10.0. The van der Waals surface area contributed by atoms with Crippen molar-refractivity contribution in [2.75, 3.05) is 31.1 Å². The zero-order valence-electron chi connectivity index (χ0n) is 14.4. The number of carbonyl (C=O) groups excluding carboxylic acids is 1. The van der Waals surface area contributed by atoms with Gasteiger partial charge in [-0.15, -0.1) is 0 Å². The van der Waals surface area contributed by atoms with Crippen LogP contribution in [0.3, 0.4) is 0 Å². The molecule has 0 bridgehead atoms. The van der Waals surface area contributed by atoms with Gasteiger partial charge in [0.1, 0.15) is 6.04 Å². The molecule has 4 rings (SSSR count). The van der Waals surface area contributed by atoms with Gasteiger partial charge in [-0.1, -0.05) is 17.7 Å². The highest BCUT2D eigenvalue weighted by Gasteiger charge is 2.34. The molecule has 6 nitrogen and oxygen atoms in total. The standard InChI is InChI=1S/C19H22ClN5O/c20-15-2-1-3-16(12-15)24-8-10-25(11-9-24)19(26)18-13-17(22-23-18)14-4-6-21-7-5-14/h1-7,12,17-18,22-23H,8-11,13H2. The first-order valence-electron chi connectivity index (χ1n) is 8.91. The van der Waals surface area contributed by atoms with E-state index in [1.165, 1.54) is 0 Å². The summed E-state index contributed by atoms with van der Waals surface area (Å²) in [6.07, 6.45) is 4.31. The second-order valence-corrected chi connectivity index (χ2v) is 7.14. The van der Waals surface area contributed by atoms with Crippen molar-refractivity contribution in [1.82, 2.24) is 20.7 Å². The summed E-state index contributed by atoms with van der Waals surface area (Å²) >= 11 is 6.08. The molecule has 2 aliphatic rings. The van der Waals surface area contributed by atoms with Crippen molar-refractivity contribution in [3.8, 4) is 0 Å². The van der Waals surface area contributed by atoms with Gasteiger partial charge in [-0.3, -0.25) is 9.78 Å². The summed E-state index contributed by atoms with van der Waals surface area (Å²) in [6, 6.07) is 11.8. The Morgan fingerprint density at radius 2 is 1.85 bits per heavy atom. The number of nitrogens with one attached hydrogen (secondary N) is 2. The van der Waals surface area contributed by atoms with Gasteiger partial charge in [0.15, 0.2) is 0 Å². The van der Waals surface area contributed by atoms with Gasteiger partial charge >= 0.3 is 0 Å². The average Bonchev–Trinajstić information content (AvgIpc) is 3.18. The maximum Gasteiger partial charge on any atom is 0.241 e. The normalized spacial score (nSPS) is 23.3. The number of hydrazine groups is 1. The number of amides is 1. The van der Waals surface area contributed by atoms with Crippen molar-refractivity contribution in [2.24, 2.45) is 0 Å². The van der Waals surface area contributed by atoms with Gasteiger partial charge in [0, 0.05) is 55.3 Å². The molecular formula is C19H22ClN5O. The Labute approximate surface area is 158 Å². The Balaban J connectivity index is 1.33. The third-order valence-corrected chi connectivity index (χ3v) is 5.31. The SMILES string of the molecule is O=C(C1CC(c2ccncc2)NN1)N1CCN(c2cccc(Cl)c2)CC1. The number of carbonyl (C=O) groups is 1. The van der Waals surface area contributed by atoms with Gasteiger partial charge in [0.2, 0.25) is 5.91 Å². The number of pyridine rings is 1. The maximum absolute atomic E-state index is 12.8. The average molecular weight is 372 g/mol. The van der Waals surface area contributed by atoms with Crippen molar-refractivity contribution < 1.29 is 4.79 Å². The molecule has 2 aromatic rings. The molecule has 2 atom stereocenters. The Bertz CT molecular complexity index is 764. The summed E-state index contributed by atoms with van der Waals surface area (Å²) in [5, 5.41) is 0.740. The van der Waals surface area contributed by atoms with Crippen molar-refractivity contribution in [1.29, 1.82) is 0 Å². The van der Waals surface area contributed by atoms with Crippen LogP contribution in [0.5, 0.6) is 0 Å². The second-order valence-electron chi connectivity index (χ2n) is 6.70. The minimum Gasteiger partial charge on any atom is -0.368 e. The fourth-order valence-electron chi connectivity index (χ4n) is 3.61. The van der Waals surface area contributed by atoms with Crippen molar-refractivity contribution >= 4 is 23.2 Å². The summed E-state index contributed by atoms with van der Waals surface area (Å²) in [7, 11) is 0. The largest absolute Gasteiger partial charge is 0.368 e. The second kappa shape index (κ2) is 7.61. The topological polar surface area (TPSA) is 60.5 Å². The van der Waals surface area contributed by atoms with Crippen LogP contribution in [-0.4, -0.2) is 48.0 Å². The monoisotopic (exact) mass is 371 g/mol. The molecule has 2 fully saturated rings. The van der Waals surface area contributed by atoms with Crippen LogP contribution < -0.4 is 15.8 Å². The lowest BCUT2D eigenvalue weighted by Gasteiger charge is -2.37. The summed E-state index contributed by atoms with van der Waals surface area (Å²) in [6.45, 7) is 3.09.